The van der Waals surface area contributed by atoms with Crippen molar-refractivity contribution in [2.75, 3.05) is 26.3 Å². The number of nitrogens with zero attached hydrogens (tertiary/aromatic N) is 1. The maximum atomic E-state index is 13.1. The normalized spacial score (nSPS) is 18.5. The lowest BCUT2D eigenvalue weighted by molar-refractivity contribution is 0.118. The van der Waals surface area contributed by atoms with Crippen molar-refractivity contribution < 1.29 is 9.13 Å². The molecule has 0 aliphatic carbocycles. The van der Waals surface area contributed by atoms with Gasteiger partial charge in [0.2, 0.25) is 0 Å². The molecular formula is C24H35FN2OS. The summed E-state index contributed by atoms with van der Waals surface area (Å²) in [6.07, 6.45) is 10.6. The first-order chi connectivity index (χ1) is 14.2. The van der Waals surface area contributed by atoms with Gasteiger partial charge in [-0.1, -0.05) is 32.6 Å². The van der Waals surface area contributed by atoms with Gasteiger partial charge in [-0.25, -0.2) is 9.37 Å². The van der Waals surface area contributed by atoms with E-state index in [2.05, 4.69) is 17.6 Å². The van der Waals surface area contributed by atoms with E-state index in [0.717, 1.165) is 35.2 Å². The minimum absolute atomic E-state index is 0.214. The highest BCUT2D eigenvalue weighted by Gasteiger charge is 2.12. The molecule has 2 atom stereocenters. The summed E-state index contributed by atoms with van der Waals surface area (Å²) in [5, 5.41) is 6.60. The monoisotopic (exact) mass is 418 g/mol. The molecule has 5 heteroatoms. The van der Waals surface area contributed by atoms with Crippen LogP contribution in [0.25, 0.3) is 10.6 Å². The molecule has 0 amide bonds. The van der Waals surface area contributed by atoms with E-state index in [1.54, 1.807) is 23.5 Å². The minimum atomic E-state index is -0.214. The third-order valence-electron chi connectivity index (χ3n) is 5.79. The van der Waals surface area contributed by atoms with Crippen LogP contribution in [-0.2, 0) is 4.74 Å². The molecule has 0 spiro atoms. The summed E-state index contributed by atoms with van der Waals surface area (Å²) in [5.74, 6) is 0.962. The van der Waals surface area contributed by atoms with Crippen molar-refractivity contribution in [2.24, 2.45) is 5.92 Å². The SMILES string of the molecule is CC(COCCCCCCC1CCCCNC1)c1csc(-c2ccc(F)cc2)n1. The minimum Gasteiger partial charge on any atom is -0.381 e. The van der Waals surface area contributed by atoms with Crippen LogP contribution in [0.3, 0.4) is 0 Å². The van der Waals surface area contributed by atoms with E-state index in [0.29, 0.717) is 6.61 Å². The van der Waals surface area contributed by atoms with Crippen molar-refractivity contribution in [2.45, 2.75) is 64.2 Å². The molecule has 1 aliphatic rings. The first-order valence-electron chi connectivity index (χ1n) is 11.2. The summed E-state index contributed by atoms with van der Waals surface area (Å²) in [6.45, 7) is 6.14. The lowest BCUT2D eigenvalue weighted by atomic mass is 9.96. The van der Waals surface area contributed by atoms with Gasteiger partial charge >= 0.3 is 0 Å². The second-order valence-electron chi connectivity index (χ2n) is 8.33. The lowest BCUT2D eigenvalue weighted by Gasteiger charge is -2.13. The quantitative estimate of drug-likeness (QED) is 0.428. The molecule has 0 radical (unpaired) electrons. The van der Waals surface area contributed by atoms with Gasteiger partial charge < -0.3 is 10.1 Å². The average Bonchev–Trinajstić information content (AvgIpc) is 3.08. The second kappa shape index (κ2) is 12.4. The van der Waals surface area contributed by atoms with Crippen molar-refractivity contribution in [3.05, 3.63) is 41.2 Å². The van der Waals surface area contributed by atoms with Gasteiger partial charge in [-0.2, -0.15) is 0 Å². The van der Waals surface area contributed by atoms with E-state index >= 15 is 0 Å². The molecule has 1 saturated heterocycles. The highest BCUT2D eigenvalue weighted by atomic mass is 32.1. The molecule has 2 aromatic rings. The van der Waals surface area contributed by atoms with Crippen molar-refractivity contribution in [3.8, 4) is 10.6 Å². The maximum Gasteiger partial charge on any atom is 0.123 e. The fourth-order valence-electron chi connectivity index (χ4n) is 3.91. The van der Waals surface area contributed by atoms with Gasteiger partial charge in [-0.15, -0.1) is 11.3 Å². The topological polar surface area (TPSA) is 34.1 Å². The number of nitrogens with one attached hydrogen (secondary N) is 1. The predicted molar refractivity (Wildman–Crippen MR) is 120 cm³/mol. The molecular weight excluding hydrogens is 383 g/mol. The summed E-state index contributed by atoms with van der Waals surface area (Å²) in [5.41, 5.74) is 2.03. The molecule has 1 aliphatic heterocycles. The maximum absolute atomic E-state index is 13.1. The van der Waals surface area contributed by atoms with E-state index in [1.807, 2.05) is 0 Å². The van der Waals surface area contributed by atoms with Gasteiger partial charge in [0, 0.05) is 23.5 Å². The number of hydrogen-bond donors (Lipinski definition) is 1. The molecule has 1 aromatic carbocycles. The van der Waals surface area contributed by atoms with E-state index in [4.69, 9.17) is 9.72 Å². The molecule has 0 saturated carbocycles. The Balaban J connectivity index is 1.25. The number of ether oxygens (including phenoxy) is 1. The zero-order valence-corrected chi connectivity index (χ0v) is 18.5. The summed E-state index contributed by atoms with van der Waals surface area (Å²) >= 11 is 1.61. The van der Waals surface area contributed by atoms with Gasteiger partial charge in [0.15, 0.2) is 0 Å². The van der Waals surface area contributed by atoms with Gasteiger partial charge in [-0.05, 0) is 69.0 Å². The third kappa shape index (κ3) is 7.80. The van der Waals surface area contributed by atoms with Gasteiger partial charge in [0.25, 0.3) is 0 Å². The van der Waals surface area contributed by atoms with Crippen LogP contribution < -0.4 is 5.32 Å². The Morgan fingerprint density at radius 2 is 2.00 bits per heavy atom. The van der Waals surface area contributed by atoms with Crippen LogP contribution in [-0.4, -0.2) is 31.3 Å². The van der Waals surface area contributed by atoms with E-state index in [1.165, 1.54) is 70.2 Å². The Labute approximate surface area is 179 Å². The predicted octanol–water partition coefficient (Wildman–Crippen LogP) is 6.41. The largest absolute Gasteiger partial charge is 0.381 e. The van der Waals surface area contributed by atoms with Crippen molar-refractivity contribution in [1.82, 2.24) is 10.3 Å². The van der Waals surface area contributed by atoms with E-state index < -0.39 is 0 Å². The average molecular weight is 419 g/mol. The molecule has 2 heterocycles. The van der Waals surface area contributed by atoms with Crippen LogP contribution in [0.15, 0.2) is 29.6 Å². The number of thiazole rings is 1. The smallest absolute Gasteiger partial charge is 0.123 e. The van der Waals surface area contributed by atoms with Crippen LogP contribution in [0.5, 0.6) is 0 Å². The fraction of sp³-hybridized carbons (Fsp3) is 0.625. The summed E-state index contributed by atoms with van der Waals surface area (Å²) in [4.78, 5) is 4.71. The van der Waals surface area contributed by atoms with Crippen LogP contribution in [0, 0.1) is 11.7 Å². The van der Waals surface area contributed by atoms with Crippen LogP contribution in [0.1, 0.15) is 69.9 Å². The molecule has 0 bridgehead atoms. The van der Waals surface area contributed by atoms with Crippen molar-refractivity contribution in [1.29, 1.82) is 0 Å². The molecule has 3 nitrogen and oxygen atoms in total. The Kier molecular flexibility index (Phi) is 9.58. The molecule has 3 rings (SSSR count). The van der Waals surface area contributed by atoms with Gasteiger partial charge in [-0.3, -0.25) is 0 Å². The Morgan fingerprint density at radius 3 is 2.86 bits per heavy atom. The van der Waals surface area contributed by atoms with Crippen molar-refractivity contribution >= 4 is 11.3 Å². The molecule has 29 heavy (non-hydrogen) atoms. The van der Waals surface area contributed by atoms with E-state index in [9.17, 15) is 4.39 Å². The summed E-state index contributed by atoms with van der Waals surface area (Å²) < 4.78 is 19.0. The lowest BCUT2D eigenvalue weighted by Crippen LogP contribution is -2.20. The Morgan fingerprint density at radius 1 is 1.17 bits per heavy atom. The number of halogens is 1. The first-order valence-corrected chi connectivity index (χ1v) is 12.1. The van der Waals surface area contributed by atoms with Crippen LogP contribution in [0.2, 0.25) is 0 Å². The zero-order chi connectivity index (χ0) is 20.3. The molecule has 1 N–H and O–H groups in total. The van der Waals surface area contributed by atoms with E-state index in [-0.39, 0.29) is 11.7 Å². The Bertz CT molecular complexity index is 695. The Hall–Kier alpha value is -1.30. The number of aromatic nitrogens is 1. The highest BCUT2D eigenvalue weighted by Crippen LogP contribution is 2.27. The van der Waals surface area contributed by atoms with Gasteiger partial charge in [0.05, 0.1) is 12.3 Å². The zero-order valence-electron chi connectivity index (χ0n) is 17.7. The first kappa shape index (κ1) is 22.4. The second-order valence-corrected chi connectivity index (χ2v) is 9.19. The van der Waals surface area contributed by atoms with Crippen molar-refractivity contribution in [3.63, 3.8) is 0 Å². The third-order valence-corrected chi connectivity index (χ3v) is 6.70. The number of unbranched alkanes of at least 4 members (excludes halogenated alkanes) is 3. The molecule has 1 aromatic heterocycles. The number of hydrogen-bond acceptors (Lipinski definition) is 4. The molecule has 160 valence electrons. The number of benzene rings is 1. The number of rotatable bonds is 11. The molecule has 2 unspecified atom stereocenters. The van der Waals surface area contributed by atoms with Crippen LogP contribution >= 0.6 is 11.3 Å². The fourth-order valence-corrected chi connectivity index (χ4v) is 4.86. The standard InChI is InChI=1S/C24H35FN2OS/c1-19(23-18-29-24(27-23)21-10-12-22(25)13-11-21)17-28-15-7-3-2-4-8-20-9-5-6-14-26-16-20/h10-13,18-20,26H,2-9,14-17H2,1H3. The molecule has 1 fully saturated rings. The summed E-state index contributed by atoms with van der Waals surface area (Å²) in [6, 6.07) is 6.53. The van der Waals surface area contributed by atoms with Crippen LogP contribution in [0.4, 0.5) is 4.39 Å². The summed E-state index contributed by atoms with van der Waals surface area (Å²) in [7, 11) is 0. The van der Waals surface area contributed by atoms with Gasteiger partial charge in [0.1, 0.15) is 10.8 Å². The highest BCUT2D eigenvalue weighted by molar-refractivity contribution is 7.13.